The first-order valence-electron chi connectivity index (χ1n) is 8.51. The molecule has 23 heavy (non-hydrogen) atoms. The summed E-state index contributed by atoms with van der Waals surface area (Å²) in [5, 5.41) is 0.222. The molecule has 1 aliphatic heterocycles. The van der Waals surface area contributed by atoms with E-state index in [2.05, 4.69) is 41.2 Å². The molecule has 4 nitrogen and oxygen atoms in total. The van der Waals surface area contributed by atoms with Gasteiger partial charge in [-0.1, -0.05) is 32.9 Å². The summed E-state index contributed by atoms with van der Waals surface area (Å²) in [6.45, 7) is 21.3. The van der Waals surface area contributed by atoms with Crippen LogP contribution in [0.1, 0.15) is 68.2 Å². The zero-order valence-electron chi connectivity index (χ0n) is 16.3. The highest BCUT2D eigenvalue weighted by Crippen LogP contribution is 2.33. The van der Waals surface area contributed by atoms with E-state index in [9.17, 15) is 4.79 Å². The van der Waals surface area contributed by atoms with Crippen LogP contribution < -0.4 is 0 Å². The molecule has 0 aromatic heterocycles. The largest absolute Gasteiger partial charge is 0.444 e. The number of hydrogen-bond donors (Lipinski definition) is 0. The van der Waals surface area contributed by atoms with Crippen molar-refractivity contribution in [2.24, 2.45) is 0 Å². The molecule has 134 valence electrons. The number of amides is 1. The Balaban J connectivity index is 2.91. The van der Waals surface area contributed by atoms with Crippen molar-refractivity contribution in [2.45, 2.75) is 90.5 Å². The van der Waals surface area contributed by atoms with Crippen LogP contribution in [0.15, 0.2) is 12.2 Å². The highest BCUT2D eigenvalue weighted by atomic mass is 28.2. The monoisotopic (exact) mass is 341 g/mol. The van der Waals surface area contributed by atoms with Crippen LogP contribution in [0, 0.1) is 0 Å². The average molecular weight is 342 g/mol. The molecule has 0 spiro atoms. The molecule has 0 unspecified atom stereocenters. The highest BCUT2D eigenvalue weighted by Gasteiger charge is 2.41. The molecule has 0 aromatic rings. The minimum atomic E-state index is -0.706. The highest BCUT2D eigenvalue weighted by molar-refractivity contribution is 6.31. The van der Waals surface area contributed by atoms with Gasteiger partial charge in [-0.05, 0) is 52.5 Å². The molecule has 0 saturated carbocycles. The van der Waals surface area contributed by atoms with Crippen LogP contribution in [0.25, 0.3) is 0 Å². The van der Waals surface area contributed by atoms with E-state index in [0.29, 0.717) is 6.54 Å². The zero-order valence-corrected chi connectivity index (χ0v) is 17.7. The van der Waals surface area contributed by atoms with E-state index in [1.807, 2.05) is 25.7 Å². The maximum absolute atomic E-state index is 12.6. The predicted octanol–water partition coefficient (Wildman–Crippen LogP) is 4.04. The van der Waals surface area contributed by atoms with Gasteiger partial charge in [0.05, 0.1) is 11.6 Å². The van der Waals surface area contributed by atoms with Crippen molar-refractivity contribution in [3.63, 3.8) is 0 Å². The van der Waals surface area contributed by atoms with Gasteiger partial charge in [-0.2, -0.15) is 0 Å². The normalized spacial score (nSPS) is 21.1. The lowest BCUT2D eigenvalue weighted by atomic mass is 9.87. The fraction of sp³-hybridized carbons (Fsp3) is 0.833. The second kappa shape index (κ2) is 6.97. The summed E-state index contributed by atoms with van der Waals surface area (Å²) in [6.07, 6.45) is 1.37. The van der Waals surface area contributed by atoms with Crippen LogP contribution in [0.5, 0.6) is 0 Å². The van der Waals surface area contributed by atoms with Crippen LogP contribution in [-0.2, 0) is 9.16 Å². The van der Waals surface area contributed by atoms with Crippen molar-refractivity contribution in [2.75, 3.05) is 6.54 Å². The topological polar surface area (TPSA) is 38.8 Å². The SMILES string of the molecule is C=C1CCN(C(=O)OC(C)(C)C)[C@H](C(C)(C)O[SiH2]C(C)(C)C)C1. The number of likely N-dealkylation sites (tertiary alicyclic amines) is 1. The lowest BCUT2D eigenvalue weighted by Gasteiger charge is -2.46. The van der Waals surface area contributed by atoms with Gasteiger partial charge in [0, 0.05) is 6.54 Å². The van der Waals surface area contributed by atoms with Gasteiger partial charge in [0.1, 0.15) is 5.60 Å². The Morgan fingerprint density at radius 1 is 1.17 bits per heavy atom. The zero-order chi connectivity index (χ0) is 18.1. The molecule has 0 N–H and O–H groups in total. The Bertz CT molecular complexity index is 446. The molecule has 1 aliphatic rings. The first kappa shape index (κ1) is 20.2. The van der Waals surface area contributed by atoms with Crippen LogP contribution in [0.2, 0.25) is 5.04 Å². The average Bonchev–Trinajstić information content (AvgIpc) is 2.33. The lowest BCUT2D eigenvalue weighted by Crippen LogP contribution is -2.57. The minimum Gasteiger partial charge on any atom is -0.444 e. The van der Waals surface area contributed by atoms with Crippen LogP contribution in [-0.4, -0.2) is 44.5 Å². The van der Waals surface area contributed by atoms with E-state index in [-0.39, 0.29) is 22.8 Å². The summed E-state index contributed by atoms with van der Waals surface area (Å²) in [7, 11) is -0.706. The number of carbonyl (C=O) groups is 1. The summed E-state index contributed by atoms with van der Waals surface area (Å²) in [6, 6.07) is -0.0200. The third kappa shape index (κ3) is 6.67. The van der Waals surface area contributed by atoms with E-state index >= 15 is 0 Å². The number of piperidine rings is 1. The molecule has 1 heterocycles. The standard InChI is InChI=1S/C18H35NO3Si/c1-13-10-11-19(15(20)21-16(2,3)4)14(12-13)18(8,9)22-23-17(5,6)7/h14H,1,10-12,23H2,2-9H3/t14-/m0/s1. The first-order valence-corrected chi connectivity index (χ1v) is 9.80. The lowest BCUT2D eigenvalue weighted by molar-refractivity contribution is -0.0316. The van der Waals surface area contributed by atoms with Gasteiger partial charge < -0.3 is 14.1 Å². The van der Waals surface area contributed by atoms with Gasteiger partial charge in [0.2, 0.25) is 0 Å². The van der Waals surface area contributed by atoms with E-state index in [1.54, 1.807) is 0 Å². The van der Waals surface area contributed by atoms with Gasteiger partial charge >= 0.3 is 6.09 Å². The number of carbonyl (C=O) groups excluding carboxylic acids is 1. The smallest absolute Gasteiger partial charge is 0.410 e. The van der Waals surface area contributed by atoms with E-state index < -0.39 is 15.4 Å². The number of nitrogens with zero attached hydrogens (tertiary/aromatic N) is 1. The van der Waals surface area contributed by atoms with Crippen LogP contribution >= 0.6 is 0 Å². The Morgan fingerprint density at radius 2 is 1.74 bits per heavy atom. The fourth-order valence-electron chi connectivity index (χ4n) is 2.58. The van der Waals surface area contributed by atoms with Crippen molar-refractivity contribution in [3.05, 3.63) is 12.2 Å². The van der Waals surface area contributed by atoms with Gasteiger partial charge in [0.25, 0.3) is 0 Å². The third-order valence-electron chi connectivity index (χ3n) is 3.87. The summed E-state index contributed by atoms with van der Waals surface area (Å²) < 4.78 is 11.9. The van der Waals surface area contributed by atoms with Crippen molar-refractivity contribution in [3.8, 4) is 0 Å². The minimum absolute atomic E-state index is 0.0200. The summed E-state index contributed by atoms with van der Waals surface area (Å²) in [4.78, 5) is 14.5. The van der Waals surface area contributed by atoms with Crippen LogP contribution in [0.3, 0.4) is 0 Å². The predicted molar refractivity (Wildman–Crippen MR) is 98.5 cm³/mol. The van der Waals surface area contributed by atoms with Gasteiger partial charge in [0.15, 0.2) is 9.76 Å². The summed E-state index contributed by atoms with van der Waals surface area (Å²) in [5.74, 6) is 0. The molecule has 0 radical (unpaired) electrons. The fourth-order valence-corrected chi connectivity index (χ4v) is 3.58. The number of hydrogen-bond acceptors (Lipinski definition) is 3. The van der Waals surface area contributed by atoms with Crippen LogP contribution in [0.4, 0.5) is 4.79 Å². The third-order valence-corrected chi connectivity index (χ3v) is 5.63. The molecule has 0 aromatic carbocycles. The van der Waals surface area contributed by atoms with E-state index in [1.165, 1.54) is 5.57 Å². The molecule has 1 amide bonds. The summed E-state index contributed by atoms with van der Waals surface area (Å²) >= 11 is 0. The molecule has 0 bridgehead atoms. The molecule has 1 atom stereocenters. The van der Waals surface area contributed by atoms with Gasteiger partial charge in [-0.15, -0.1) is 0 Å². The molecule has 1 saturated heterocycles. The van der Waals surface area contributed by atoms with Gasteiger partial charge in [-0.3, -0.25) is 0 Å². The second-order valence-corrected chi connectivity index (χ2v) is 12.0. The van der Waals surface area contributed by atoms with E-state index in [0.717, 1.165) is 12.8 Å². The molecular weight excluding hydrogens is 306 g/mol. The molecular formula is C18H35NO3Si. The second-order valence-electron chi connectivity index (χ2n) is 9.35. The first-order chi connectivity index (χ1) is 10.2. The maximum atomic E-state index is 12.6. The Hall–Kier alpha value is -0.813. The molecule has 0 aliphatic carbocycles. The summed E-state index contributed by atoms with van der Waals surface area (Å²) in [5.41, 5.74) is 0.310. The van der Waals surface area contributed by atoms with Crippen molar-refractivity contribution < 1.29 is 14.0 Å². The van der Waals surface area contributed by atoms with E-state index in [4.69, 9.17) is 9.16 Å². The molecule has 1 fully saturated rings. The Morgan fingerprint density at radius 3 is 2.22 bits per heavy atom. The Kier molecular flexibility index (Phi) is 6.13. The molecule has 1 rings (SSSR count). The molecule has 5 heteroatoms. The maximum Gasteiger partial charge on any atom is 0.410 e. The number of ether oxygens (including phenoxy) is 1. The number of rotatable bonds is 3. The van der Waals surface area contributed by atoms with Gasteiger partial charge in [-0.25, -0.2) is 4.79 Å². The quantitative estimate of drug-likeness (QED) is 0.574. The van der Waals surface area contributed by atoms with Crippen molar-refractivity contribution >= 4 is 15.9 Å². The Labute approximate surface area is 144 Å². The van der Waals surface area contributed by atoms with Crippen molar-refractivity contribution in [1.29, 1.82) is 0 Å². The van der Waals surface area contributed by atoms with Crippen molar-refractivity contribution in [1.82, 2.24) is 4.90 Å².